The van der Waals surface area contributed by atoms with Crippen LogP contribution in [0.1, 0.15) is 70.3 Å². The lowest BCUT2D eigenvalue weighted by atomic mass is 10.1. The monoisotopic (exact) mass is 332 g/mol. The third-order valence-corrected chi connectivity index (χ3v) is 4.01. The molecule has 3 heteroatoms. The second kappa shape index (κ2) is 13.6. The Labute approximate surface area is 147 Å². The zero-order valence-electron chi connectivity index (χ0n) is 15.3. The highest BCUT2D eigenvalue weighted by atomic mass is 16.5. The van der Waals surface area contributed by atoms with E-state index >= 15 is 0 Å². The number of ether oxygens (including phenoxy) is 2. The predicted molar refractivity (Wildman–Crippen MR) is 100 cm³/mol. The molecular weight excluding hydrogens is 300 g/mol. The number of carbonyl (C=O) groups excluding carboxylic acids is 1. The van der Waals surface area contributed by atoms with Gasteiger partial charge in [-0.1, -0.05) is 70.4 Å². The molecule has 24 heavy (non-hydrogen) atoms. The summed E-state index contributed by atoms with van der Waals surface area (Å²) in [6.07, 6.45) is 15.0. The number of methoxy groups -OCH3 is 1. The zero-order chi connectivity index (χ0) is 17.5. The molecule has 1 aromatic carbocycles. The van der Waals surface area contributed by atoms with Crippen LogP contribution in [-0.4, -0.2) is 19.7 Å². The van der Waals surface area contributed by atoms with Crippen LogP contribution in [0.25, 0.3) is 6.08 Å². The van der Waals surface area contributed by atoms with Gasteiger partial charge in [-0.25, -0.2) is 4.79 Å². The van der Waals surface area contributed by atoms with Crippen LogP contribution in [0.4, 0.5) is 0 Å². The molecular formula is C21H32O3. The Hall–Kier alpha value is -1.77. The van der Waals surface area contributed by atoms with Crippen LogP contribution in [0.5, 0.6) is 5.75 Å². The van der Waals surface area contributed by atoms with E-state index in [1.807, 2.05) is 24.3 Å². The lowest BCUT2D eigenvalue weighted by molar-refractivity contribution is -0.134. The Morgan fingerprint density at radius 1 is 0.917 bits per heavy atom. The van der Waals surface area contributed by atoms with Gasteiger partial charge in [0.2, 0.25) is 0 Å². The summed E-state index contributed by atoms with van der Waals surface area (Å²) >= 11 is 0. The summed E-state index contributed by atoms with van der Waals surface area (Å²) in [4.78, 5) is 11.0. The predicted octanol–water partition coefficient (Wildman–Crippen LogP) is 5.78. The third-order valence-electron chi connectivity index (χ3n) is 4.01. The van der Waals surface area contributed by atoms with Crippen molar-refractivity contribution in [1.82, 2.24) is 0 Å². The van der Waals surface area contributed by atoms with Gasteiger partial charge in [0, 0.05) is 6.08 Å². The Balaban J connectivity index is 2.07. The number of unbranched alkanes of at least 4 members (excludes halogenated alkanes) is 8. The minimum atomic E-state index is -0.347. The molecule has 0 atom stereocenters. The van der Waals surface area contributed by atoms with Crippen LogP contribution in [0.3, 0.4) is 0 Å². The molecule has 3 nitrogen and oxygen atoms in total. The molecule has 0 aromatic heterocycles. The Morgan fingerprint density at radius 2 is 1.50 bits per heavy atom. The summed E-state index contributed by atoms with van der Waals surface area (Å²) in [6.45, 7) is 3.03. The normalized spacial score (nSPS) is 10.9. The first-order valence-corrected chi connectivity index (χ1v) is 9.25. The van der Waals surface area contributed by atoms with Gasteiger partial charge >= 0.3 is 5.97 Å². The maximum absolute atomic E-state index is 11.0. The molecule has 0 spiro atoms. The molecule has 0 aliphatic rings. The number of hydrogen-bond acceptors (Lipinski definition) is 3. The second-order valence-electron chi connectivity index (χ2n) is 6.10. The van der Waals surface area contributed by atoms with Crippen LogP contribution in [0.15, 0.2) is 30.3 Å². The molecule has 0 heterocycles. The topological polar surface area (TPSA) is 35.5 Å². The average molecular weight is 332 g/mol. The molecule has 0 bridgehead atoms. The van der Waals surface area contributed by atoms with E-state index < -0.39 is 0 Å². The number of hydrogen-bond donors (Lipinski definition) is 0. The molecule has 0 aliphatic carbocycles. The van der Waals surface area contributed by atoms with Gasteiger partial charge in [-0.15, -0.1) is 0 Å². The minimum absolute atomic E-state index is 0.347. The largest absolute Gasteiger partial charge is 0.494 e. The summed E-state index contributed by atoms with van der Waals surface area (Å²) < 4.78 is 10.3. The van der Waals surface area contributed by atoms with E-state index in [0.717, 1.165) is 24.3 Å². The molecule has 0 N–H and O–H groups in total. The van der Waals surface area contributed by atoms with Crippen molar-refractivity contribution in [1.29, 1.82) is 0 Å². The first-order valence-electron chi connectivity index (χ1n) is 9.25. The standard InChI is InChI=1S/C21H32O3/c1-3-4-5-6-7-8-9-10-11-18-24-20-15-12-19(13-16-20)14-17-21(22)23-2/h12-17H,3-11,18H2,1-2H3/b17-14+. The number of esters is 1. The van der Waals surface area contributed by atoms with E-state index in [2.05, 4.69) is 11.7 Å². The highest BCUT2D eigenvalue weighted by Gasteiger charge is 1.96. The van der Waals surface area contributed by atoms with Gasteiger partial charge in [0.1, 0.15) is 5.75 Å². The molecule has 0 saturated heterocycles. The van der Waals surface area contributed by atoms with Crippen molar-refractivity contribution in [3.05, 3.63) is 35.9 Å². The summed E-state index contributed by atoms with van der Waals surface area (Å²) in [5.74, 6) is 0.533. The van der Waals surface area contributed by atoms with Gasteiger partial charge in [0.25, 0.3) is 0 Å². The lowest BCUT2D eigenvalue weighted by Gasteiger charge is -2.06. The van der Waals surface area contributed by atoms with Crippen LogP contribution < -0.4 is 4.74 Å². The van der Waals surface area contributed by atoms with E-state index in [1.165, 1.54) is 64.6 Å². The van der Waals surface area contributed by atoms with Crippen molar-refractivity contribution in [2.75, 3.05) is 13.7 Å². The lowest BCUT2D eigenvalue weighted by Crippen LogP contribution is -1.97. The molecule has 1 rings (SSSR count). The summed E-state index contributed by atoms with van der Waals surface area (Å²) in [6, 6.07) is 7.74. The van der Waals surface area contributed by atoms with Gasteiger partial charge in [-0.2, -0.15) is 0 Å². The van der Waals surface area contributed by atoms with E-state index in [0.29, 0.717) is 0 Å². The maximum Gasteiger partial charge on any atom is 0.330 e. The zero-order valence-corrected chi connectivity index (χ0v) is 15.3. The van der Waals surface area contributed by atoms with E-state index in [1.54, 1.807) is 6.08 Å². The third kappa shape index (κ3) is 10.1. The molecule has 0 fully saturated rings. The summed E-state index contributed by atoms with van der Waals surface area (Å²) in [5, 5.41) is 0. The Bertz CT molecular complexity index is 462. The van der Waals surface area contributed by atoms with Crippen molar-refractivity contribution >= 4 is 12.0 Å². The van der Waals surface area contributed by atoms with Crippen molar-refractivity contribution < 1.29 is 14.3 Å². The Morgan fingerprint density at radius 3 is 2.08 bits per heavy atom. The van der Waals surface area contributed by atoms with Gasteiger partial charge < -0.3 is 9.47 Å². The van der Waals surface area contributed by atoms with Crippen LogP contribution in [-0.2, 0) is 9.53 Å². The number of rotatable bonds is 13. The van der Waals surface area contributed by atoms with E-state index in [-0.39, 0.29) is 5.97 Å². The van der Waals surface area contributed by atoms with Crippen LogP contribution >= 0.6 is 0 Å². The molecule has 0 unspecified atom stereocenters. The SMILES string of the molecule is CCCCCCCCCCCOc1ccc(/C=C/C(=O)OC)cc1. The van der Waals surface area contributed by atoms with Crippen molar-refractivity contribution in [3.63, 3.8) is 0 Å². The van der Waals surface area contributed by atoms with E-state index in [4.69, 9.17) is 4.74 Å². The highest BCUT2D eigenvalue weighted by molar-refractivity contribution is 5.86. The first-order chi connectivity index (χ1) is 11.8. The Kier molecular flexibility index (Phi) is 11.5. The van der Waals surface area contributed by atoms with Gasteiger partial charge in [-0.3, -0.25) is 0 Å². The fraction of sp³-hybridized carbons (Fsp3) is 0.571. The molecule has 0 amide bonds. The molecule has 1 aromatic rings. The number of benzene rings is 1. The van der Waals surface area contributed by atoms with Crippen LogP contribution in [0, 0.1) is 0 Å². The average Bonchev–Trinajstić information content (AvgIpc) is 2.62. The van der Waals surface area contributed by atoms with Crippen molar-refractivity contribution in [2.24, 2.45) is 0 Å². The van der Waals surface area contributed by atoms with Crippen LogP contribution in [0.2, 0.25) is 0 Å². The summed E-state index contributed by atoms with van der Waals surface area (Å²) in [5.41, 5.74) is 0.954. The van der Waals surface area contributed by atoms with Gasteiger partial charge in [-0.05, 0) is 30.2 Å². The quantitative estimate of drug-likeness (QED) is 0.261. The second-order valence-corrected chi connectivity index (χ2v) is 6.10. The number of carbonyl (C=O) groups is 1. The maximum atomic E-state index is 11.0. The first kappa shape index (κ1) is 20.3. The molecule has 0 saturated carbocycles. The molecule has 0 aliphatic heterocycles. The van der Waals surface area contributed by atoms with Crippen molar-refractivity contribution in [2.45, 2.75) is 64.7 Å². The van der Waals surface area contributed by atoms with Crippen molar-refractivity contribution in [3.8, 4) is 5.75 Å². The fourth-order valence-electron chi connectivity index (χ4n) is 2.51. The molecule has 0 radical (unpaired) electrons. The highest BCUT2D eigenvalue weighted by Crippen LogP contribution is 2.14. The minimum Gasteiger partial charge on any atom is -0.494 e. The van der Waals surface area contributed by atoms with Gasteiger partial charge in [0.05, 0.1) is 13.7 Å². The fourth-order valence-corrected chi connectivity index (χ4v) is 2.51. The van der Waals surface area contributed by atoms with E-state index in [9.17, 15) is 4.79 Å². The molecule has 134 valence electrons. The van der Waals surface area contributed by atoms with Gasteiger partial charge in [0.15, 0.2) is 0 Å². The smallest absolute Gasteiger partial charge is 0.330 e. The summed E-state index contributed by atoms with van der Waals surface area (Å²) in [7, 11) is 1.37.